The third kappa shape index (κ3) is 8.04. The van der Waals surface area contributed by atoms with Gasteiger partial charge in [-0.3, -0.25) is 33.7 Å². The number of piperidine rings is 1. The van der Waals surface area contributed by atoms with Crippen molar-refractivity contribution in [1.29, 1.82) is 0 Å². The first-order valence-electron chi connectivity index (χ1n) is 20.3. The molecule has 53 heavy (non-hydrogen) atoms. The van der Waals surface area contributed by atoms with Crippen LogP contribution in [0.5, 0.6) is 0 Å². The lowest BCUT2D eigenvalue weighted by Crippen LogP contribution is -2.63. The molecule has 4 fully saturated rings. The lowest BCUT2D eigenvalue weighted by molar-refractivity contribution is -0.146. The number of carbonyl (C=O) groups excluding carboxylic acids is 6. The van der Waals surface area contributed by atoms with Gasteiger partial charge in [-0.25, -0.2) is 0 Å². The third-order valence-electron chi connectivity index (χ3n) is 13.4. The van der Waals surface area contributed by atoms with Gasteiger partial charge in [-0.2, -0.15) is 0 Å². The van der Waals surface area contributed by atoms with Crippen LogP contribution >= 0.6 is 0 Å². The Hall–Kier alpha value is -3.02. The number of likely N-dealkylation sites (tertiary alicyclic amines) is 2. The fraction of sp³-hybridized carbons (Fsp3) is 0.854. The minimum atomic E-state index is -1.02. The molecule has 4 rings (SSSR count). The zero-order chi connectivity index (χ0) is 39.9. The van der Waals surface area contributed by atoms with Crippen LogP contribution in [-0.4, -0.2) is 101 Å². The molecule has 0 radical (unpaired) electrons. The smallest absolute Gasteiger partial charge is 0.289 e. The lowest BCUT2D eigenvalue weighted by Gasteiger charge is -2.39. The van der Waals surface area contributed by atoms with Crippen molar-refractivity contribution in [3.05, 3.63) is 0 Å². The maximum atomic E-state index is 15.0. The SMILES string of the molecule is CCC[C@H](NC(=O)[C@@H]1C[C@@]2(CN1C(=O)[C@@H](NC(=O)[C@@H](NC(=O)[C@H]1CCCCN1CC)C(C)(C)C)C(C)(C)C)C(C)(C)C21CCC1)C(=O)C(=O)NC(C)C. The number of nitrogens with zero attached hydrogens (tertiary/aromatic N) is 2. The van der Waals surface area contributed by atoms with Crippen LogP contribution in [0.15, 0.2) is 0 Å². The molecule has 2 aliphatic heterocycles. The molecule has 2 saturated carbocycles. The van der Waals surface area contributed by atoms with Gasteiger partial charge in [0.05, 0.1) is 12.1 Å². The average Bonchev–Trinajstić information content (AvgIpc) is 3.26. The van der Waals surface area contributed by atoms with E-state index >= 15 is 0 Å². The van der Waals surface area contributed by atoms with Gasteiger partial charge in [0, 0.05) is 18.0 Å². The number of hydrogen-bond acceptors (Lipinski definition) is 7. The molecule has 5 amide bonds. The molecule has 2 heterocycles. The number of ketones is 1. The molecule has 2 saturated heterocycles. The fourth-order valence-electron chi connectivity index (χ4n) is 10.0. The van der Waals surface area contributed by atoms with E-state index in [1.54, 1.807) is 18.7 Å². The number of hydrogen-bond donors (Lipinski definition) is 4. The number of fused-ring (bicyclic) bond motifs is 1. The molecule has 6 atom stereocenters. The Morgan fingerprint density at radius 3 is 1.85 bits per heavy atom. The van der Waals surface area contributed by atoms with Gasteiger partial charge < -0.3 is 26.2 Å². The van der Waals surface area contributed by atoms with Crippen LogP contribution < -0.4 is 21.3 Å². The highest BCUT2D eigenvalue weighted by molar-refractivity contribution is 6.38. The Bertz CT molecular complexity index is 1420. The van der Waals surface area contributed by atoms with E-state index in [1.807, 2.05) is 55.4 Å². The molecule has 0 bridgehead atoms. The van der Waals surface area contributed by atoms with Gasteiger partial charge in [-0.05, 0) is 87.1 Å². The van der Waals surface area contributed by atoms with Gasteiger partial charge in [0.2, 0.25) is 29.4 Å². The summed E-state index contributed by atoms with van der Waals surface area (Å²) in [6, 6.07) is -4.37. The molecule has 4 N–H and O–H groups in total. The van der Waals surface area contributed by atoms with E-state index in [1.165, 1.54) is 0 Å². The van der Waals surface area contributed by atoms with Crippen LogP contribution in [-0.2, 0) is 28.8 Å². The zero-order valence-corrected chi connectivity index (χ0v) is 34.8. The minimum Gasteiger partial charge on any atom is -0.347 e. The second-order valence-corrected chi connectivity index (χ2v) is 19.4. The maximum Gasteiger partial charge on any atom is 0.289 e. The van der Waals surface area contributed by atoms with Crippen molar-refractivity contribution in [2.45, 2.75) is 177 Å². The Morgan fingerprint density at radius 1 is 0.755 bits per heavy atom. The first-order valence-corrected chi connectivity index (χ1v) is 20.3. The van der Waals surface area contributed by atoms with Crippen LogP contribution in [0.1, 0.15) is 141 Å². The number of amides is 5. The van der Waals surface area contributed by atoms with Crippen LogP contribution in [0, 0.1) is 27.1 Å². The molecule has 2 aliphatic carbocycles. The van der Waals surface area contributed by atoms with Gasteiger partial charge in [0.25, 0.3) is 5.91 Å². The highest BCUT2D eigenvalue weighted by Crippen LogP contribution is 2.88. The first kappa shape index (κ1) is 42.7. The summed E-state index contributed by atoms with van der Waals surface area (Å²) in [5, 5.41) is 11.7. The molecule has 0 aromatic rings. The summed E-state index contributed by atoms with van der Waals surface area (Å²) >= 11 is 0. The Morgan fingerprint density at radius 2 is 1.36 bits per heavy atom. The molecular formula is C41H70N6O6. The van der Waals surface area contributed by atoms with Crippen molar-refractivity contribution in [2.75, 3.05) is 19.6 Å². The van der Waals surface area contributed by atoms with Crippen molar-refractivity contribution < 1.29 is 28.8 Å². The summed E-state index contributed by atoms with van der Waals surface area (Å²) in [5.74, 6) is -2.89. The summed E-state index contributed by atoms with van der Waals surface area (Å²) < 4.78 is 0. The largest absolute Gasteiger partial charge is 0.347 e. The Labute approximate surface area is 318 Å². The summed E-state index contributed by atoms with van der Waals surface area (Å²) in [7, 11) is 0. The van der Waals surface area contributed by atoms with Gasteiger partial charge in [-0.1, -0.05) is 88.5 Å². The summed E-state index contributed by atoms with van der Waals surface area (Å²) in [5.41, 5.74) is -1.77. The second-order valence-electron chi connectivity index (χ2n) is 19.4. The highest BCUT2D eigenvalue weighted by Gasteiger charge is 2.85. The van der Waals surface area contributed by atoms with Gasteiger partial charge >= 0.3 is 0 Å². The predicted octanol–water partition coefficient (Wildman–Crippen LogP) is 4.10. The number of carbonyl (C=O) groups is 6. The van der Waals surface area contributed by atoms with E-state index in [0.717, 1.165) is 51.6 Å². The molecule has 300 valence electrons. The summed E-state index contributed by atoms with van der Waals surface area (Å²) in [6.07, 6.45) is 7.19. The van der Waals surface area contributed by atoms with Gasteiger partial charge in [0.1, 0.15) is 18.1 Å². The van der Waals surface area contributed by atoms with Crippen LogP contribution in [0.2, 0.25) is 0 Å². The molecule has 0 unspecified atom stereocenters. The van der Waals surface area contributed by atoms with Crippen LogP contribution in [0.4, 0.5) is 0 Å². The summed E-state index contributed by atoms with van der Waals surface area (Å²) in [6.45, 7) is 25.3. The Balaban J connectivity index is 1.64. The molecular weight excluding hydrogens is 672 g/mol. The van der Waals surface area contributed by atoms with Crippen LogP contribution in [0.3, 0.4) is 0 Å². The monoisotopic (exact) mass is 743 g/mol. The number of likely N-dealkylation sites (N-methyl/N-ethyl adjacent to an activating group) is 1. The topological polar surface area (TPSA) is 157 Å². The van der Waals surface area contributed by atoms with Crippen LogP contribution in [0.25, 0.3) is 0 Å². The standard InChI is InChI=1S/C41H70N6O6/c1-13-18-26(29(48)34(51)42-25(3)4)43-33(50)28-23-41(39(11,12)40(41)20-17-21-40)24-47(28)36(53)31(38(8,9)10)45-35(52)30(37(5,6)7)44-32(49)27-19-15-16-22-46(27)14-2/h25-28,30-31H,13-24H2,1-12H3,(H,42,51)(H,43,50)(H,44,49)(H,45,52)/t26-,27+,28-,30+,31+,41+/m0/s1. The van der Waals surface area contributed by atoms with E-state index in [4.69, 9.17) is 0 Å². The third-order valence-corrected chi connectivity index (χ3v) is 13.4. The molecule has 12 heteroatoms. The molecule has 0 aromatic heterocycles. The predicted molar refractivity (Wildman–Crippen MR) is 205 cm³/mol. The van der Waals surface area contributed by atoms with E-state index < -0.39 is 58.5 Å². The Kier molecular flexibility index (Phi) is 12.6. The molecule has 2 spiro atoms. The van der Waals surface area contributed by atoms with Crippen molar-refractivity contribution >= 4 is 35.3 Å². The normalized spacial score (nSPS) is 26.7. The van der Waals surface area contributed by atoms with Crippen molar-refractivity contribution in [3.8, 4) is 0 Å². The second kappa shape index (κ2) is 15.6. The molecule has 4 aliphatic rings. The zero-order valence-electron chi connectivity index (χ0n) is 34.8. The van der Waals surface area contributed by atoms with Crippen molar-refractivity contribution in [1.82, 2.24) is 31.1 Å². The quantitative estimate of drug-likeness (QED) is 0.207. The van der Waals surface area contributed by atoms with E-state index in [-0.39, 0.29) is 46.6 Å². The van der Waals surface area contributed by atoms with Crippen molar-refractivity contribution in [3.63, 3.8) is 0 Å². The minimum absolute atomic E-state index is 0.0247. The number of nitrogens with one attached hydrogen (secondary N) is 4. The average molecular weight is 743 g/mol. The maximum absolute atomic E-state index is 15.0. The highest BCUT2D eigenvalue weighted by atomic mass is 16.2. The molecule has 12 nitrogen and oxygen atoms in total. The fourth-order valence-corrected chi connectivity index (χ4v) is 10.0. The van der Waals surface area contributed by atoms with Crippen molar-refractivity contribution in [2.24, 2.45) is 27.1 Å². The molecule has 0 aromatic carbocycles. The lowest BCUT2D eigenvalue weighted by atomic mass is 9.73. The number of rotatable bonds is 13. The van der Waals surface area contributed by atoms with E-state index in [2.05, 4.69) is 40.0 Å². The van der Waals surface area contributed by atoms with E-state index in [9.17, 15) is 28.8 Å². The number of Topliss-reactive ketones (excluding diaryl/α,β-unsaturated/α-hetero) is 1. The van der Waals surface area contributed by atoms with Gasteiger partial charge in [-0.15, -0.1) is 0 Å². The summed E-state index contributed by atoms with van der Waals surface area (Å²) in [4.78, 5) is 87.2. The first-order chi connectivity index (χ1) is 24.5. The van der Waals surface area contributed by atoms with E-state index in [0.29, 0.717) is 19.4 Å². The van der Waals surface area contributed by atoms with Gasteiger partial charge in [0.15, 0.2) is 0 Å².